The van der Waals surface area contributed by atoms with Crippen molar-refractivity contribution in [3.63, 3.8) is 0 Å². The SMILES string of the molecule is COCCn1ncc(Br)c1C(N)c1ccc(C)cc1F. The number of aromatic nitrogens is 2. The molecule has 20 heavy (non-hydrogen) atoms. The van der Waals surface area contributed by atoms with Crippen molar-refractivity contribution in [2.24, 2.45) is 5.73 Å². The lowest BCUT2D eigenvalue weighted by atomic mass is 10.0. The molecule has 0 aliphatic heterocycles. The first kappa shape index (κ1) is 15.2. The monoisotopic (exact) mass is 341 g/mol. The molecule has 2 N–H and O–H groups in total. The lowest BCUT2D eigenvalue weighted by molar-refractivity contribution is 0.182. The predicted octanol–water partition coefficient (Wildman–Crippen LogP) is 2.79. The second kappa shape index (κ2) is 6.47. The summed E-state index contributed by atoms with van der Waals surface area (Å²) in [6.07, 6.45) is 1.66. The number of rotatable bonds is 5. The molecule has 1 aromatic heterocycles. The topological polar surface area (TPSA) is 53.1 Å². The van der Waals surface area contributed by atoms with E-state index in [0.29, 0.717) is 18.7 Å². The number of nitrogens with zero attached hydrogens (tertiary/aromatic N) is 2. The Bertz CT molecular complexity index is 600. The van der Waals surface area contributed by atoms with Crippen LogP contribution in [0.5, 0.6) is 0 Å². The maximum Gasteiger partial charge on any atom is 0.128 e. The molecule has 2 rings (SSSR count). The van der Waals surface area contributed by atoms with Crippen LogP contribution in [0.25, 0.3) is 0 Å². The van der Waals surface area contributed by atoms with Crippen molar-refractivity contribution in [3.8, 4) is 0 Å². The molecule has 108 valence electrons. The Labute approximate surface area is 125 Å². The molecule has 1 atom stereocenters. The standard InChI is InChI=1S/C14H17BrFN3O/c1-9-3-4-10(12(16)7-9)13(17)14-11(15)8-18-19(14)5-6-20-2/h3-4,7-8,13H,5-6,17H2,1-2H3. The maximum absolute atomic E-state index is 14.1. The molecule has 0 saturated carbocycles. The summed E-state index contributed by atoms with van der Waals surface area (Å²) in [5.74, 6) is -0.302. The van der Waals surface area contributed by atoms with Crippen LogP contribution in [0.15, 0.2) is 28.9 Å². The van der Waals surface area contributed by atoms with E-state index >= 15 is 0 Å². The van der Waals surface area contributed by atoms with E-state index in [1.165, 1.54) is 6.07 Å². The first-order valence-corrected chi connectivity index (χ1v) is 7.05. The summed E-state index contributed by atoms with van der Waals surface area (Å²) < 4.78 is 21.6. The third-order valence-electron chi connectivity index (χ3n) is 3.13. The summed E-state index contributed by atoms with van der Waals surface area (Å²) in [6.45, 7) is 2.93. The van der Waals surface area contributed by atoms with Crippen molar-refractivity contribution in [2.75, 3.05) is 13.7 Å². The van der Waals surface area contributed by atoms with E-state index in [2.05, 4.69) is 21.0 Å². The lowest BCUT2D eigenvalue weighted by Crippen LogP contribution is -2.20. The molecule has 0 amide bonds. The van der Waals surface area contributed by atoms with Crippen LogP contribution < -0.4 is 5.73 Å². The maximum atomic E-state index is 14.1. The lowest BCUT2D eigenvalue weighted by Gasteiger charge is -2.16. The van der Waals surface area contributed by atoms with Gasteiger partial charge in [0.2, 0.25) is 0 Å². The van der Waals surface area contributed by atoms with E-state index in [1.54, 1.807) is 24.1 Å². The van der Waals surface area contributed by atoms with Crippen molar-refractivity contribution in [1.29, 1.82) is 0 Å². The van der Waals surface area contributed by atoms with Gasteiger partial charge in [0.05, 0.1) is 35.6 Å². The average Bonchev–Trinajstić information content (AvgIpc) is 2.77. The Morgan fingerprint density at radius 1 is 1.50 bits per heavy atom. The highest BCUT2D eigenvalue weighted by Gasteiger charge is 2.21. The van der Waals surface area contributed by atoms with E-state index in [-0.39, 0.29) is 5.82 Å². The van der Waals surface area contributed by atoms with Gasteiger partial charge in [-0.25, -0.2) is 4.39 Å². The number of ether oxygens (including phenoxy) is 1. The normalized spacial score (nSPS) is 12.7. The number of methoxy groups -OCH3 is 1. The molecule has 6 heteroatoms. The largest absolute Gasteiger partial charge is 0.383 e. The van der Waals surface area contributed by atoms with Gasteiger partial charge in [0.25, 0.3) is 0 Å². The summed E-state index contributed by atoms with van der Waals surface area (Å²) in [6, 6.07) is 4.47. The number of benzene rings is 1. The number of aryl methyl sites for hydroxylation is 1. The van der Waals surface area contributed by atoms with Crippen molar-refractivity contribution in [1.82, 2.24) is 9.78 Å². The van der Waals surface area contributed by atoms with Crippen molar-refractivity contribution in [2.45, 2.75) is 19.5 Å². The van der Waals surface area contributed by atoms with Crippen LogP contribution in [0.4, 0.5) is 4.39 Å². The van der Waals surface area contributed by atoms with Crippen molar-refractivity contribution < 1.29 is 9.13 Å². The predicted molar refractivity (Wildman–Crippen MR) is 79.0 cm³/mol. The second-order valence-electron chi connectivity index (χ2n) is 4.60. The Kier molecular flexibility index (Phi) is 4.91. The molecule has 4 nitrogen and oxygen atoms in total. The van der Waals surface area contributed by atoms with Crippen LogP contribution in [-0.4, -0.2) is 23.5 Å². The summed E-state index contributed by atoms with van der Waals surface area (Å²) in [4.78, 5) is 0. The molecule has 2 aromatic rings. The van der Waals surface area contributed by atoms with E-state index in [1.807, 2.05) is 13.0 Å². The molecular formula is C14H17BrFN3O. The average molecular weight is 342 g/mol. The molecule has 0 aliphatic rings. The number of halogens is 2. The summed E-state index contributed by atoms with van der Waals surface area (Å²) in [5, 5.41) is 4.23. The summed E-state index contributed by atoms with van der Waals surface area (Å²) in [7, 11) is 1.62. The van der Waals surface area contributed by atoms with Crippen LogP contribution >= 0.6 is 15.9 Å². The van der Waals surface area contributed by atoms with Gasteiger partial charge in [-0.3, -0.25) is 4.68 Å². The summed E-state index contributed by atoms with van der Waals surface area (Å²) in [5.41, 5.74) is 8.27. The smallest absolute Gasteiger partial charge is 0.128 e. The van der Waals surface area contributed by atoms with Gasteiger partial charge >= 0.3 is 0 Å². The van der Waals surface area contributed by atoms with Gasteiger partial charge in [-0.1, -0.05) is 12.1 Å². The molecule has 0 saturated heterocycles. The first-order chi connectivity index (χ1) is 9.54. The molecule has 1 heterocycles. The van der Waals surface area contributed by atoms with E-state index in [9.17, 15) is 4.39 Å². The third-order valence-corrected chi connectivity index (χ3v) is 3.74. The molecule has 1 unspecified atom stereocenters. The fourth-order valence-corrected chi connectivity index (χ4v) is 2.61. The van der Waals surface area contributed by atoms with Gasteiger partial charge in [-0.2, -0.15) is 5.10 Å². The van der Waals surface area contributed by atoms with Crippen molar-refractivity contribution >= 4 is 15.9 Å². The molecule has 1 aromatic carbocycles. The minimum absolute atomic E-state index is 0.302. The van der Waals surface area contributed by atoms with Gasteiger partial charge in [0, 0.05) is 12.7 Å². The Morgan fingerprint density at radius 2 is 2.25 bits per heavy atom. The van der Waals surface area contributed by atoms with E-state index in [4.69, 9.17) is 10.5 Å². The van der Waals surface area contributed by atoms with Gasteiger partial charge in [-0.15, -0.1) is 0 Å². The second-order valence-corrected chi connectivity index (χ2v) is 5.45. The van der Waals surface area contributed by atoms with Crippen LogP contribution in [0, 0.1) is 12.7 Å². The zero-order chi connectivity index (χ0) is 14.7. The minimum Gasteiger partial charge on any atom is -0.383 e. The highest BCUT2D eigenvalue weighted by molar-refractivity contribution is 9.10. The Balaban J connectivity index is 2.37. The first-order valence-electron chi connectivity index (χ1n) is 6.26. The third kappa shape index (κ3) is 3.08. The number of nitrogens with two attached hydrogens (primary N) is 1. The Morgan fingerprint density at radius 3 is 2.90 bits per heavy atom. The quantitative estimate of drug-likeness (QED) is 0.909. The number of hydrogen-bond donors (Lipinski definition) is 1. The fraction of sp³-hybridized carbons (Fsp3) is 0.357. The summed E-state index contributed by atoms with van der Waals surface area (Å²) >= 11 is 3.42. The minimum atomic E-state index is -0.579. The number of hydrogen-bond acceptors (Lipinski definition) is 3. The van der Waals surface area contributed by atoms with Crippen LogP contribution in [0.1, 0.15) is 22.9 Å². The van der Waals surface area contributed by atoms with Gasteiger partial charge in [-0.05, 0) is 34.5 Å². The molecule has 0 bridgehead atoms. The highest BCUT2D eigenvalue weighted by Crippen LogP contribution is 2.28. The zero-order valence-corrected chi connectivity index (χ0v) is 13.0. The highest BCUT2D eigenvalue weighted by atomic mass is 79.9. The molecule has 0 radical (unpaired) electrons. The van der Waals surface area contributed by atoms with Crippen LogP contribution in [-0.2, 0) is 11.3 Å². The molecular weight excluding hydrogens is 325 g/mol. The van der Waals surface area contributed by atoms with Gasteiger partial charge < -0.3 is 10.5 Å². The van der Waals surface area contributed by atoms with E-state index in [0.717, 1.165) is 15.7 Å². The molecule has 0 aliphatic carbocycles. The fourth-order valence-electron chi connectivity index (χ4n) is 2.07. The van der Waals surface area contributed by atoms with Gasteiger partial charge in [0.1, 0.15) is 5.82 Å². The molecule has 0 spiro atoms. The van der Waals surface area contributed by atoms with E-state index < -0.39 is 6.04 Å². The Hall–Kier alpha value is -1.24. The molecule has 0 fully saturated rings. The van der Waals surface area contributed by atoms with Crippen molar-refractivity contribution in [3.05, 3.63) is 51.5 Å². The zero-order valence-electron chi connectivity index (χ0n) is 11.4. The van der Waals surface area contributed by atoms with Crippen LogP contribution in [0.2, 0.25) is 0 Å². The van der Waals surface area contributed by atoms with Crippen LogP contribution in [0.3, 0.4) is 0 Å². The van der Waals surface area contributed by atoms with Gasteiger partial charge in [0.15, 0.2) is 0 Å².